The van der Waals surface area contributed by atoms with Crippen molar-refractivity contribution in [2.24, 2.45) is 50.7 Å². The molecule has 2 unspecified atom stereocenters. The van der Waals surface area contributed by atoms with E-state index in [0.29, 0.717) is 42.9 Å². The summed E-state index contributed by atoms with van der Waals surface area (Å²) in [5.41, 5.74) is 1.47. The van der Waals surface area contributed by atoms with E-state index in [1.54, 1.807) is 0 Å². The molecule has 4 nitrogen and oxygen atoms in total. The molecule has 0 saturated heterocycles. The first-order valence-electron chi connectivity index (χ1n) is 15.2. The molecular formula is C33H50O4. The highest BCUT2D eigenvalue weighted by Gasteiger charge is 2.68. The average molecular weight is 511 g/mol. The van der Waals surface area contributed by atoms with E-state index in [9.17, 15) is 14.4 Å². The molecule has 4 fully saturated rings. The molecule has 0 amide bonds. The summed E-state index contributed by atoms with van der Waals surface area (Å²) in [4.78, 5) is 39.5. The van der Waals surface area contributed by atoms with Crippen molar-refractivity contribution in [3.63, 3.8) is 0 Å². The van der Waals surface area contributed by atoms with Crippen LogP contribution in [0.15, 0.2) is 11.6 Å². The number of rotatable bonds is 4. The quantitative estimate of drug-likeness (QED) is 0.368. The highest BCUT2D eigenvalue weighted by molar-refractivity contribution is 5.95. The summed E-state index contributed by atoms with van der Waals surface area (Å²) >= 11 is 0. The molecule has 5 aliphatic carbocycles. The summed E-state index contributed by atoms with van der Waals surface area (Å²) in [6.07, 6.45) is 12.6. The number of carbonyl (C=O) groups excluding carboxylic acids is 3. The van der Waals surface area contributed by atoms with Crippen molar-refractivity contribution in [3.05, 3.63) is 11.6 Å². The van der Waals surface area contributed by atoms with E-state index >= 15 is 0 Å². The van der Waals surface area contributed by atoms with Gasteiger partial charge in [0, 0.05) is 24.7 Å². The lowest BCUT2D eigenvalue weighted by Crippen LogP contribution is -2.64. The van der Waals surface area contributed by atoms with Gasteiger partial charge in [-0.3, -0.25) is 14.4 Å². The molecule has 0 heterocycles. The van der Waals surface area contributed by atoms with Gasteiger partial charge in [0.05, 0.1) is 6.61 Å². The van der Waals surface area contributed by atoms with Crippen LogP contribution in [-0.2, 0) is 19.1 Å². The van der Waals surface area contributed by atoms with Crippen LogP contribution >= 0.6 is 0 Å². The van der Waals surface area contributed by atoms with Gasteiger partial charge in [-0.25, -0.2) is 0 Å². The predicted molar refractivity (Wildman–Crippen MR) is 146 cm³/mol. The molecular weight excluding hydrogens is 460 g/mol. The number of allylic oxidation sites excluding steroid dienone is 2. The third kappa shape index (κ3) is 3.85. The smallest absolute Gasteiger partial charge is 0.305 e. The van der Waals surface area contributed by atoms with E-state index in [2.05, 4.69) is 47.6 Å². The van der Waals surface area contributed by atoms with Crippen LogP contribution in [0.3, 0.4) is 0 Å². The molecule has 5 rings (SSSR count). The van der Waals surface area contributed by atoms with Crippen LogP contribution in [0.5, 0.6) is 0 Å². The summed E-state index contributed by atoms with van der Waals surface area (Å²) in [6.45, 7) is 16.5. The summed E-state index contributed by atoms with van der Waals surface area (Å²) in [7, 11) is 0. The molecule has 0 aromatic heterocycles. The normalized spacial score (nSPS) is 46.6. The molecule has 0 radical (unpaired) electrons. The minimum atomic E-state index is -0.0925. The third-order valence-electron chi connectivity index (χ3n) is 13.1. The van der Waals surface area contributed by atoms with Crippen LogP contribution in [0.25, 0.3) is 0 Å². The molecule has 0 N–H and O–H groups in total. The number of hydrogen-bond acceptors (Lipinski definition) is 4. The van der Waals surface area contributed by atoms with Crippen molar-refractivity contribution in [1.29, 1.82) is 0 Å². The fourth-order valence-corrected chi connectivity index (χ4v) is 10.6. The van der Waals surface area contributed by atoms with E-state index in [0.717, 1.165) is 57.8 Å². The topological polar surface area (TPSA) is 60.4 Å². The predicted octanol–water partition coefficient (Wildman–Crippen LogP) is 7.49. The Kier molecular flexibility index (Phi) is 6.44. The van der Waals surface area contributed by atoms with Crippen LogP contribution in [0.4, 0.5) is 0 Å². The van der Waals surface area contributed by atoms with Gasteiger partial charge in [-0.2, -0.15) is 0 Å². The fraction of sp³-hybridized carbons (Fsp3) is 0.848. The second-order valence-corrected chi connectivity index (χ2v) is 15.1. The molecule has 4 heteroatoms. The molecule has 0 aliphatic heterocycles. The van der Waals surface area contributed by atoms with Crippen molar-refractivity contribution in [2.45, 2.75) is 119 Å². The molecule has 0 spiro atoms. The monoisotopic (exact) mass is 510 g/mol. The summed E-state index contributed by atoms with van der Waals surface area (Å²) < 4.78 is 5.32. The van der Waals surface area contributed by atoms with Gasteiger partial charge in [-0.15, -0.1) is 0 Å². The zero-order valence-corrected chi connectivity index (χ0v) is 24.5. The number of ether oxygens (including phenoxy) is 1. The van der Waals surface area contributed by atoms with E-state index < -0.39 is 0 Å². The molecule has 5 aliphatic rings. The number of ketones is 2. The van der Waals surface area contributed by atoms with Gasteiger partial charge in [-0.05, 0) is 110 Å². The standard InChI is InChI=1S/C33H50O4/c1-8-37-27(36)11-14-33-17-15-29(3,4)20-23(33)28-25(35)19-26-30(5)12-10-24(34)21(2)22(30)9-13-31(26,6)32(28,7)16-18-33/h19,21-23,28H,8-18,20H2,1-7H3/t21-,22-,23?,28?,30-,31+,32+,33+/m0/s1. The maximum Gasteiger partial charge on any atom is 0.305 e. The zero-order valence-electron chi connectivity index (χ0n) is 24.5. The van der Waals surface area contributed by atoms with E-state index in [1.165, 1.54) is 5.57 Å². The fourth-order valence-electron chi connectivity index (χ4n) is 10.6. The zero-order chi connectivity index (χ0) is 27.0. The van der Waals surface area contributed by atoms with E-state index in [4.69, 9.17) is 4.74 Å². The average Bonchev–Trinajstić information content (AvgIpc) is 2.82. The van der Waals surface area contributed by atoms with Crippen LogP contribution in [0.2, 0.25) is 0 Å². The Morgan fingerprint density at radius 1 is 0.973 bits per heavy atom. The molecule has 37 heavy (non-hydrogen) atoms. The van der Waals surface area contributed by atoms with Crippen LogP contribution < -0.4 is 0 Å². The van der Waals surface area contributed by atoms with Crippen LogP contribution in [0.1, 0.15) is 119 Å². The second kappa shape index (κ2) is 8.78. The molecule has 4 saturated carbocycles. The minimum absolute atomic E-state index is 0.0135. The first-order chi connectivity index (χ1) is 17.2. The third-order valence-corrected chi connectivity index (χ3v) is 13.1. The number of esters is 1. The molecule has 0 bridgehead atoms. The number of fused-ring (bicyclic) bond motifs is 7. The first-order valence-corrected chi connectivity index (χ1v) is 15.2. The number of carbonyl (C=O) groups is 3. The van der Waals surface area contributed by atoms with Crippen LogP contribution in [0, 0.1) is 50.7 Å². The molecule has 0 aromatic rings. The lowest BCUT2D eigenvalue weighted by Gasteiger charge is -2.69. The summed E-state index contributed by atoms with van der Waals surface area (Å²) in [6, 6.07) is 0. The molecule has 0 aromatic carbocycles. The summed E-state index contributed by atoms with van der Waals surface area (Å²) in [5, 5.41) is 0. The summed E-state index contributed by atoms with van der Waals surface area (Å²) in [5.74, 6) is 1.41. The Hall–Kier alpha value is -1.45. The van der Waals surface area contributed by atoms with Gasteiger partial charge in [0.1, 0.15) is 5.78 Å². The lowest BCUT2D eigenvalue weighted by atomic mass is 9.34. The van der Waals surface area contributed by atoms with Crippen molar-refractivity contribution in [3.8, 4) is 0 Å². The van der Waals surface area contributed by atoms with Crippen molar-refractivity contribution < 1.29 is 19.1 Å². The highest BCUT2D eigenvalue weighted by atomic mass is 16.5. The Morgan fingerprint density at radius 3 is 2.38 bits per heavy atom. The Balaban J connectivity index is 1.56. The second-order valence-electron chi connectivity index (χ2n) is 15.1. The molecule has 206 valence electrons. The molecule has 8 atom stereocenters. The van der Waals surface area contributed by atoms with Gasteiger partial charge in [0.25, 0.3) is 0 Å². The van der Waals surface area contributed by atoms with Gasteiger partial charge >= 0.3 is 5.97 Å². The van der Waals surface area contributed by atoms with Crippen molar-refractivity contribution >= 4 is 17.5 Å². The lowest BCUT2D eigenvalue weighted by molar-refractivity contribution is -0.175. The Bertz CT molecular complexity index is 1020. The van der Waals surface area contributed by atoms with Gasteiger partial charge in [0.2, 0.25) is 0 Å². The van der Waals surface area contributed by atoms with Gasteiger partial charge in [-0.1, -0.05) is 47.1 Å². The Labute approximate surface area is 224 Å². The van der Waals surface area contributed by atoms with Gasteiger partial charge < -0.3 is 4.74 Å². The van der Waals surface area contributed by atoms with Crippen molar-refractivity contribution in [1.82, 2.24) is 0 Å². The maximum absolute atomic E-state index is 14.4. The van der Waals surface area contributed by atoms with E-state index in [-0.39, 0.29) is 44.9 Å². The van der Waals surface area contributed by atoms with Gasteiger partial charge in [0.15, 0.2) is 5.78 Å². The van der Waals surface area contributed by atoms with Crippen LogP contribution in [-0.4, -0.2) is 24.1 Å². The Morgan fingerprint density at radius 2 is 1.68 bits per heavy atom. The largest absolute Gasteiger partial charge is 0.466 e. The number of hydrogen-bond donors (Lipinski definition) is 0. The number of Topliss-reactive ketones (excluding diaryl/α,β-unsaturated/α-hetero) is 1. The first kappa shape index (κ1) is 27.1. The minimum Gasteiger partial charge on any atom is -0.466 e. The van der Waals surface area contributed by atoms with Crippen molar-refractivity contribution in [2.75, 3.05) is 6.61 Å². The SMILES string of the molecule is CCOC(=O)CC[C@]12CCC(C)(C)CC1C1C(=O)C=C3[C@@]4(C)CCC(=O)[C@@H](C)[C@@H]4CC[C@@]3(C)[C@]1(C)CC2. The van der Waals surface area contributed by atoms with E-state index in [1.807, 2.05) is 6.92 Å². The highest BCUT2D eigenvalue weighted by Crippen LogP contribution is 2.74. The maximum atomic E-state index is 14.4.